The van der Waals surface area contributed by atoms with Crippen LogP contribution in [0.25, 0.3) is 5.65 Å². The zero-order valence-electron chi connectivity index (χ0n) is 6.54. The fourth-order valence-corrected chi connectivity index (χ4v) is 1.56. The second kappa shape index (κ2) is 2.82. The molecular formula is C7H7N3O2S. The third-order valence-electron chi connectivity index (χ3n) is 1.67. The van der Waals surface area contributed by atoms with Gasteiger partial charge in [-0.05, 0) is 12.1 Å². The number of hydrogen-bond donors (Lipinski definition) is 2. The highest BCUT2D eigenvalue weighted by molar-refractivity contribution is 7.79. The summed E-state index contributed by atoms with van der Waals surface area (Å²) in [6.45, 7) is 0. The van der Waals surface area contributed by atoms with Gasteiger partial charge in [-0.15, -0.1) is 0 Å². The summed E-state index contributed by atoms with van der Waals surface area (Å²) in [5.74, 6) is 0. The molecule has 0 aliphatic carbocycles. The zero-order valence-corrected chi connectivity index (χ0v) is 7.36. The van der Waals surface area contributed by atoms with Crippen molar-refractivity contribution in [2.75, 3.05) is 5.73 Å². The normalized spacial score (nSPS) is 13.3. The molecule has 2 rings (SSSR count). The minimum atomic E-state index is -2.04. The van der Waals surface area contributed by atoms with Crippen LogP contribution in [0.1, 0.15) is 0 Å². The lowest BCUT2D eigenvalue weighted by Crippen LogP contribution is -1.96. The molecule has 6 heteroatoms. The monoisotopic (exact) mass is 197 g/mol. The topological polar surface area (TPSA) is 80.6 Å². The summed E-state index contributed by atoms with van der Waals surface area (Å²) in [5.41, 5.74) is 6.65. The average Bonchev–Trinajstić information content (AvgIpc) is 2.46. The second-order valence-electron chi connectivity index (χ2n) is 2.54. The molecule has 0 bridgehead atoms. The van der Waals surface area contributed by atoms with E-state index in [1.807, 2.05) is 0 Å². The molecule has 0 saturated heterocycles. The van der Waals surface area contributed by atoms with E-state index in [9.17, 15) is 4.21 Å². The SMILES string of the molecule is Nc1ccc2ncc(S(=O)O)n2c1. The van der Waals surface area contributed by atoms with E-state index < -0.39 is 11.1 Å². The molecule has 0 aliphatic rings. The van der Waals surface area contributed by atoms with Gasteiger partial charge in [0.15, 0.2) is 5.03 Å². The first-order valence-corrected chi connectivity index (χ1v) is 4.62. The van der Waals surface area contributed by atoms with Gasteiger partial charge in [0.05, 0.1) is 6.20 Å². The van der Waals surface area contributed by atoms with E-state index in [-0.39, 0.29) is 5.03 Å². The Labute approximate surface area is 76.5 Å². The molecule has 2 aromatic heterocycles. The van der Waals surface area contributed by atoms with Gasteiger partial charge < -0.3 is 10.3 Å². The van der Waals surface area contributed by atoms with Gasteiger partial charge >= 0.3 is 0 Å². The maximum atomic E-state index is 10.8. The molecule has 68 valence electrons. The number of hydrogen-bond acceptors (Lipinski definition) is 3. The summed E-state index contributed by atoms with van der Waals surface area (Å²) in [6, 6.07) is 3.37. The molecular weight excluding hydrogens is 190 g/mol. The van der Waals surface area contributed by atoms with E-state index in [0.29, 0.717) is 11.3 Å². The summed E-state index contributed by atoms with van der Waals surface area (Å²) in [5, 5.41) is 0.224. The quantitative estimate of drug-likeness (QED) is 0.652. The molecule has 13 heavy (non-hydrogen) atoms. The summed E-state index contributed by atoms with van der Waals surface area (Å²) >= 11 is -2.04. The Morgan fingerprint density at radius 2 is 2.31 bits per heavy atom. The number of rotatable bonds is 1. The van der Waals surface area contributed by atoms with Crippen molar-refractivity contribution in [2.24, 2.45) is 0 Å². The van der Waals surface area contributed by atoms with Gasteiger partial charge in [0.1, 0.15) is 5.65 Å². The van der Waals surface area contributed by atoms with E-state index in [2.05, 4.69) is 4.98 Å². The Morgan fingerprint density at radius 1 is 1.54 bits per heavy atom. The van der Waals surface area contributed by atoms with Gasteiger partial charge in [-0.2, -0.15) is 0 Å². The van der Waals surface area contributed by atoms with Crippen LogP contribution in [0.4, 0.5) is 5.69 Å². The fourth-order valence-electron chi connectivity index (χ4n) is 1.10. The standard InChI is InChI=1S/C7H7N3O2S/c8-5-1-2-6-9-3-7(13(11)12)10(6)4-5/h1-4H,8H2,(H,11,12). The summed E-state index contributed by atoms with van der Waals surface area (Å²) in [4.78, 5) is 3.94. The molecule has 1 atom stereocenters. The zero-order chi connectivity index (χ0) is 9.42. The van der Waals surface area contributed by atoms with Crippen molar-refractivity contribution >= 4 is 22.4 Å². The van der Waals surface area contributed by atoms with E-state index in [0.717, 1.165) is 0 Å². The van der Waals surface area contributed by atoms with Crippen LogP contribution in [0, 0.1) is 0 Å². The Hall–Kier alpha value is -1.40. The van der Waals surface area contributed by atoms with Gasteiger partial charge in [0.2, 0.25) is 11.1 Å². The van der Waals surface area contributed by atoms with Crippen molar-refractivity contribution < 1.29 is 8.76 Å². The van der Waals surface area contributed by atoms with Crippen molar-refractivity contribution in [1.82, 2.24) is 9.38 Å². The highest BCUT2D eigenvalue weighted by Crippen LogP contribution is 2.12. The first kappa shape index (κ1) is 8.21. The number of anilines is 1. The van der Waals surface area contributed by atoms with E-state index in [1.165, 1.54) is 10.6 Å². The smallest absolute Gasteiger partial charge is 0.205 e. The van der Waals surface area contributed by atoms with Crippen molar-refractivity contribution in [3.05, 3.63) is 24.5 Å². The van der Waals surface area contributed by atoms with Crippen LogP contribution in [-0.2, 0) is 11.1 Å². The summed E-state index contributed by atoms with van der Waals surface area (Å²) < 4.78 is 21.2. The molecule has 3 N–H and O–H groups in total. The molecule has 0 spiro atoms. The number of fused-ring (bicyclic) bond motifs is 1. The fraction of sp³-hybridized carbons (Fsp3) is 0. The minimum Gasteiger partial charge on any atom is -0.398 e. The maximum Gasteiger partial charge on any atom is 0.205 e. The predicted octanol–water partition coefficient (Wildman–Crippen LogP) is 0.497. The molecule has 2 heterocycles. The first-order valence-electron chi connectivity index (χ1n) is 3.52. The van der Waals surface area contributed by atoms with Gasteiger partial charge in [0, 0.05) is 11.9 Å². The third-order valence-corrected chi connectivity index (χ3v) is 2.33. The second-order valence-corrected chi connectivity index (χ2v) is 3.45. The number of nitrogens with zero attached hydrogens (tertiary/aromatic N) is 2. The van der Waals surface area contributed by atoms with Crippen LogP contribution >= 0.6 is 0 Å². The number of nitrogen functional groups attached to an aromatic ring is 1. The number of imidazole rings is 1. The molecule has 5 nitrogen and oxygen atoms in total. The lowest BCUT2D eigenvalue weighted by atomic mass is 10.4. The van der Waals surface area contributed by atoms with E-state index >= 15 is 0 Å². The molecule has 1 unspecified atom stereocenters. The van der Waals surface area contributed by atoms with Gasteiger partial charge in [-0.3, -0.25) is 4.40 Å². The Bertz CT molecular complexity index is 480. The minimum absolute atomic E-state index is 0.224. The molecule has 0 aromatic carbocycles. The van der Waals surface area contributed by atoms with Crippen LogP contribution in [-0.4, -0.2) is 18.1 Å². The Balaban J connectivity index is 2.79. The third kappa shape index (κ3) is 1.30. The molecule has 0 fully saturated rings. The van der Waals surface area contributed by atoms with E-state index in [4.69, 9.17) is 10.3 Å². The van der Waals surface area contributed by atoms with Crippen LogP contribution in [0.15, 0.2) is 29.6 Å². The largest absolute Gasteiger partial charge is 0.398 e. The summed E-state index contributed by atoms with van der Waals surface area (Å²) in [7, 11) is 0. The van der Waals surface area contributed by atoms with Crippen LogP contribution in [0.5, 0.6) is 0 Å². The highest BCUT2D eigenvalue weighted by Gasteiger charge is 2.07. The number of aromatic nitrogens is 2. The maximum absolute atomic E-state index is 10.8. The molecule has 0 saturated carbocycles. The lowest BCUT2D eigenvalue weighted by Gasteiger charge is -1.97. The molecule has 0 aliphatic heterocycles. The van der Waals surface area contributed by atoms with Crippen LogP contribution < -0.4 is 5.73 Å². The van der Waals surface area contributed by atoms with Gasteiger partial charge in [-0.1, -0.05) is 0 Å². The molecule has 0 radical (unpaired) electrons. The molecule has 2 aromatic rings. The lowest BCUT2D eigenvalue weighted by molar-refractivity contribution is 0.559. The van der Waals surface area contributed by atoms with Crippen LogP contribution in [0.2, 0.25) is 0 Å². The highest BCUT2D eigenvalue weighted by atomic mass is 32.2. The van der Waals surface area contributed by atoms with Crippen molar-refractivity contribution in [3.8, 4) is 0 Å². The average molecular weight is 197 g/mol. The van der Waals surface area contributed by atoms with Crippen molar-refractivity contribution in [3.63, 3.8) is 0 Å². The van der Waals surface area contributed by atoms with Gasteiger partial charge in [-0.25, -0.2) is 9.19 Å². The summed E-state index contributed by atoms with van der Waals surface area (Å²) in [6.07, 6.45) is 2.91. The molecule has 0 amide bonds. The van der Waals surface area contributed by atoms with Crippen molar-refractivity contribution in [2.45, 2.75) is 5.03 Å². The Kier molecular flexibility index (Phi) is 1.78. The number of nitrogens with two attached hydrogens (primary N) is 1. The predicted molar refractivity (Wildman–Crippen MR) is 48.6 cm³/mol. The number of pyridine rings is 1. The Morgan fingerprint density at radius 3 is 3.00 bits per heavy atom. The van der Waals surface area contributed by atoms with Gasteiger partial charge in [0.25, 0.3) is 0 Å². The van der Waals surface area contributed by atoms with E-state index in [1.54, 1.807) is 18.3 Å². The first-order chi connectivity index (χ1) is 6.18. The van der Waals surface area contributed by atoms with Crippen molar-refractivity contribution in [1.29, 1.82) is 0 Å². The van der Waals surface area contributed by atoms with Crippen LogP contribution in [0.3, 0.4) is 0 Å².